The summed E-state index contributed by atoms with van der Waals surface area (Å²) in [6, 6.07) is 12.0. The summed E-state index contributed by atoms with van der Waals surface area (Å²) in [6.45, 7) is -1.40. The molecule has 0 saturated carbocycles. The summed E-state index contributed by atoms with van der Waals surface area (Å²) < 4.78 is 43.1. The first-order chi connectivity index (χ1) is 13.4. The molecule has 1 amide bonds. The fourth-order valence-corrected chi connectivity index (χ4v) is 3.01. The minimum absolute atomic E-state index is 0.127. The average molecular weight is 408 g/mol. The number of benzene rings is 2. The van der Waals surface area contributed by atoms with E-state index < -0.39 is 23.6 Å². The number of hydrogen-bond acceptors (Lipinski definition) is 5. The summed E-state index contributed by atoms with van der Waals surface area (Å²) in [7, 11) is 0. The van der Waals surface area contributed by atoms with Crippen molar-refractivity contribution in [3.63, 3.8) is 0 Å². The Morgan fingerprint density at radius 2 is 1.89 bits per heavy atom. The van der Waals surface area contributed by atoms with Crippen LogP contribution in [0.1, 0.15) is 6.92 Å². The monoisotopic (exact) mass is 408 g/mol. The van der Waals surface area contributed by atoms with Crippen LogP contribution in [0.4, 0.5) is 18.9 Å². The highest BCUT2D eigenvalue weighted by atomic mass is 32.2. The number of anilines is 1. The molecule has 2 N–H and O–H groups in total. The largest absolute Gasteiger partial charge is 0.433 e. The van der Waals surface area contributed by atoms with Crippen LogP contribution in [0, 0.1) is 5.82 Å². The topological polar surface area (TPSA) is 79.9 Å². The van der Waals surface area contributed by atoms with Crippen molar-refractivity contribution in [2.24, 2.45) is 0 Å². The molecule has 0 radical (unpaired) electrons. The van der Waals surface area contributed by atoms with Crippen LogP contribution in [0.25, 0.3) is 11.4 Å². The van der Waals surface area contributed by atoms with Gasteiger partial charge in [-0.05, 0) is 31.2 Å². The Balaban J connectivity index is 1.67. The molecule has 1 aromatic heterocycles. The zero-order valence-corrected chi connectivity index (χ0v) is 15.3. The molecule has 3 rings (SSSR count). The van der Waals surface area contributed by atoms with Crippen molar-refractivity contribution in [2.75, 3.05) is 5.32 Å². The Kier molecular flexibility index (Phi) is 6.19. The lowest BCUT2D eigenvalue weighted by Gasteiger charge is -2.14. The quantitative estimate of drug-likeness (QED) is 0.569. The van der Waals surface area contributed by atoms with Gasteiger partial charge in [-0.1, -0.05) is 36.0 Å². The third kappa shape index (κ3) is 4.83. The maximum atomic E-state index is 13.8. The SMILES string of the molecule is C[C@H](Sc1n[nH]c(-c2ccccc2F)n1)C(=O)Nc1ccccc1OC(F)F. The van der Waals surface area contributed by atoms with Gasteiger partial charge in [0.05, 0.1) is 16.5 Å². The molecule has 0 saturated heterocycles. The molecule has 146 valence electrons. The van der Waals surface area contributed by atoms with Gasteiger partial charge in [-0.15, -0.1) is 5.10 Å². The number of carbonyl (C=O) groups is 1. The van der Waals surface area contributed by atoms with Gasteiger partial charge >= 0.3 is 6.61 Å². The number of nitrogens with one attached hydrogen (secondary N) is 2. The predicted octanol–water partition coefficient (Wildman–Crippen LogP) is 4.33. The first-order valence-corrected chi connectivity index (χ1v) is 9.00. The van der Waals surface area contributed by atoms with Gasteiger partial charge in [0.25, 0.3) is 0 Å². The van der Waals surface area contributed by atoms with Crippen molar-refractivity contribution in [3.8, 4) is 17.1 Å². The molecule has 28 heavy (non-hydrogen) atoms. The van der Waals surface area contributed by atoms with Gasteiger partial charge < -0.3 is 10.1 Å². The smallest absolute Gasteiger partial charge is 0.387 e. The molecule has 1 atom stereocenters. The molecule has 0 bridgehead atoms. The summed E-state index contributed by atoms with van der Waals surface area (Å²) in [5.74, 6) is -0.796. The number of thioether (sulfide) groups is 1. The van der Waals surface area contributed by atoms with E-state index in [4.69, 9.17) is 0 Å². The summed E-state index contributed by atoms with van der Waals surface area (Å²) in [6.07, 6.45) is 0. The Bertz CT molecular complexity index is 967. The van der Waals surface area contributed by atoms with Gasteiger partial charge in [0.15, 0.2) is 5.82 Å². The first kappa shape index (κ1) is 19.7. The number of amides is 1. The number of aromatic nitrogens is 3. The highest BCUT2D eigenvalue weighted by Crippen LogP contribution is 2.28. The molecule has 0 aliphatic carbocycles. The second-order valence-electron chi connectivity index (χ2n) is 5.57. The Morgan fingerprint density at radius 3 is 2.64 bits per heavy atom. The Labute approximate surface area is 162 Å². The predicted molar refractivity (Wildman–Crippen MR) is 98.8 cm³/mol. The number of aromatic amines is 1. The highest BCUT2D eigenvalue weighted by Gasteiger charge is 2.20. The molecule has 3 aromatic rings. The van der Waals surface area contributed by atoms with Crippen molar-refractivity contribution in [1.29, 1.82) is 0 Å². The lowest BCUT2D eigenvalue weighted by molar-refractivity contribution is -0.115. The maximum Gasteiger partial charge on any atom is 0.387 e. The maximum absolute atomic E-state index is 13.8. The number of alkyl halides is 2. The number of nitrogens with zero attached hydrogens (tertiary/aromatic N) is 2. The zero-order valence-electron chi connectivity index (χ0n) is 14.5. The number of carbonyl (C=O) groups excluding carboxylic acids is 1. The summed E-state index contributed by atoms with van der Waals surface area (Å²) >= 11 is 1.04. The molecule has 1 heterocycles. The number of ether oxygens (including phenoxy) is 1. The number of hydrogen-bond donors (Lipinski definition) is 2. The fourth-order valence-electron chi connectivity index (χ4n) is 2.29. The van der Waals surface area contributed by atoms with Crippen LogP contribution < -0.4 is 10.1 Å². The van der Waals surface area contributed by atoms with Crippen molar-refractivity contribution >= 4 is 23.4 Å². The molecule has 0 fully saturated rings. The van der Waals surface area contributed by atoms with E-state index in [0.717, 1.165) is 11.8 Å². The van der Waals surface area contributed by atoms with Crippen LogP contribution in [0.5, 0.6) is 5.75 Å². The van der Waals surface area contributed by atoms with Crippen LogP contribution in [-0.2, 0) is 4.79 Å². The van der Waals surface area contributed by atoms with E-state index in [1.165, 1.54) is 24.3 Å². The molecule has 0 aliphatic rings. The minimum Gasteiger partial charge on any atom is -0.433 e. The van der Waals surface area contributed by atoms with E-state index in [-0.39, 0.29) is 28.0 Å². The van der Waals surface area contributed by atoms with E-state index in [1.54, 1.807) is 31.2 Å². The van der Waals surface area contributed by atoms with Crippen molar-refractivity contribution in [3.05, 3.63) is 54.3 Å². The van der Waals surface area contributed by atoms with E-state index in [1.807, 2.05) is 0 Å². The van der Waals surface area contributed by atoms with Crippen molar-refractivity contribution < 1.29 is 22.7 Å². The van der Waals surface area contributed by atoms with E-state index in [2.05, 4.69) is 25.2 Å². The average Bonchev–Trinajstić information content (AvgIpc) is 3.11. The minimum atomic E-state index is -3.00. The summed E-state index contributed by atoms with van der Waals surface area (Å²) in [5.41, 5.74) is 0.388. The molecule has 10 heteroatoms. The lowest BCUT2D eigenvalue weighted by atomic mass is 10.2. The number of H-pyrrole nitrogens is 1. The first-order valence-electron chi connectivity index (χ1n) is 8.12. The van der Waals surface area contributed by atoms with Crippen LogP contribution in [0.3, 0.4) is 0 Å². The van der Waals surface area contributed by atoms with Crippen molar-refractivity contribution in [1.82, 2.24) is 15.2 Å². The molecule has 0 aliphatic heterocycles. The second-order valence-corrected chi connectivity index (χ2v) is 6.88. The van der Waals surface area contributed by atoms with Gasteiger partial charge in [0, 0.05) is 0 Å². The van der Waals surface area contributed by atoms with Gasteiger partial charge in [0.2, 0.25) is 11.1 Å². The summed E-state index contributed by atoms with van der Waals surface area (Å²) in [4.78, 5) is 16.6. The Morgan fingerprint density at radius 1 is 1.18 bits per heavy atom. The summed E-state index contributed by atoms with van der Waals surface area (Å²) in [5, 5.41) is 8.75. The lowest BCUT2D eigenvalue weighted by Crippen LogP contribution is -2.23. The van der Waals surface area contributed by atoms with Gasteiger partial charge in [-0.3, -0.25) is 9.89 Å². The highest BCUT2D eigenvalue weighted by molar-refractivity contribution is 8.00. The van der Waals surface area contributed by atoms with Crippen LogP contribution in [0.15, 0.2) is 53.7 Å². The normalized spacial score (nSPS) is 12.0. The number of halogens is 3. The molecule has 0 spiro atoms. The second kappa shape index (κ2) is 8.79. The molecule has 2 aromatic carbocycles. The molecular weight excluding hydrogens is 393 g/mol. The molecular formula is C18H15F3N4O2S. The third-order valence-electron chi connectivity index (χ3n) is 3.61. The van der Waals surface area contributed by atoms with Gasteiger partial charge in [-0.25, -0.2) is 9.37 Å². The third-order valence-corrected chi connectivity index (χ3v) is 4.57. The van der Waals surface area contributed by atoms with Crippen LogP contribution >= 0.6 is 11.8 Å². The van der Waals surface area contributed by atoms with Crippen LogP contribution in [0.2, 0.25) is 0 Å². The standard InChI is InChI=1S/C18H15F3N4O2S/c1-10(16(26)22-13-8-4-5-9-14(13)27-17(20)21)28-18-23-15(24-25-18)11-6-2-3-7-12(11)19/h2-10,17H,1H3,(H,22,26)(H,23,24,25)/t10-/m0/s1. The van der Waals surface area contributed by atoms with Gasteiger partial charge in [0.1, 0.15) is 11.6 Å². The van der Waals surface area contributed by atoms with E-state index in [0.29, 0.717) is 0 Å². The Hall–Kier alpha value is -3.01. The van der Waals surface area contributed by atoms with Crippen LogP contribution in [-0.4, -0.2) is 32.9 Å². The zero-order chi connectivity index (χ0) is 20.1. The molecule has 0 unspecified atom stereocenters. The van der Waals surface area contributed by atoms with Crippen molar-refractivity contribution in [2.45, 2.75) is 23.9 Å². The van der Waals surface area contributed by atoms with E-state index in [9.17, 15) is 18.0 Å². The number of rotatable bonds is 7. The van der Waals surface area contributed by atoms with Gasteiger partial charge in [-0.2, -0.15) is 8.78 Å². The fraction of sp³-hybridized carbons (Fsp3) is 0.167. The number of para-hydroxylation sites is 2. The van der Waals surface area contributed by atoms with E-state index >= 15 is 0 Å². The molecule has 6 nitrogen and oxygen atoms in total.